The summed E-state index contributed by atoms with van der Waals surface area (Å²) < 4.78 is 0. The third-order valence-corrected chi connectivity index (χ3v) is 5.44. The van der Waals surface area contributed by atoms with Crippen LogP contribution in [0.15, 0.2) is 35.1 Å². The molecular weight excluding hydrogens is 352 g/mol. The van der Waals surface area contributed by atoms with Crippen LogP contribution in [-0.4, -0.2) is 38.8 Å². The molecule has 1 atom stereocenters. The van der Waals surface area contributed by atoms with Gasteiger partial charge < -0.3 is 14.9 Å². The fourth-order valence-corrected chi connectivity index (χ4v) is 3.96. The van der Waals surface area contributed by atoms with E-state index >= 15 is 0 Å². The summed E-state index contributed by atoms with van der Waals surface area (Å²) in [6, 6.07) is 8.92. The van der Waals surface area contributed by atoms with Gasteiger partial charge in [-0.1, -0.05) is 13.8 Å². The second-order valence-corrected chi connectivity index (χ2v) is 8.05. The van der Waals surface area contributed by atoms with E-state index in [0.29, 0.717) is 18.0 Å². The van der Waals surface area contributed by atoms with Crippen LogP contribution in [0.1, 0.15) is 66.1 Å². The SMILES string of the molecule is Cc1cc(=O)cc(C2CCCN(C(=O)c3ccc4nc(C(C)C)[nH]c4c3)C2)[nH]1. The fraction of sp³-hybridized carbons (Fsp3) is 0.409. The number of piperidine rings is 1. The number of likely N-dealkylation sites (tertiary alicyclic amines) is 1. The molecule has 6 heteroatoms. The summed E-state index contributed by atoms with van der Waals surface area (Å²) in [5.74, 6) is 1.43. The van der Waals surface area contributed by atoms with Crippen molar-refractivity contribution >= 4 is 16.9 Å². The first kappa shape index (κ1) is 18.5. The van der Waals surface area contributed by atoms with Gasteiger partial charge in [0.05, 0.1) is 11.0 Å². The van der Waals surface area contributed by atoms with Gasteiger partial charge in [-0.2, -0.15) is 0 Å². The van der Waals surface area contributed by atoms with Gasteiger partial charge in [0.25, 0.3) is 5.91 Å². The zero-order valence-electron chi connectivity index (χ0n) is 16.6. The maximum atomic E-state index is 13.1. The minimum atomic E-state index is 0.0142. The van der Waals surface area contributed by atoms with Crippen LogP contribution in [0.5, 0.6) is 0 Å². The first-order chi connectivity index (χ1) is 13.4. The van der Waals surface area contributed by atoms with Gasteiger partial charge >= 0.3 is 0 Å². The summed E-state index contributed by atoms with van der Waals surface area (Å²) in [6.45, 7) is 7.43. The number of fused-ring (bicyclic) bond motifs is 1. The Hall–Kier alpha value is -2.89. The molecule has 146 valence electrons. The van der Waals surface area contributed by atoms with E-state index in [1.54, 1.807) is 12.1 Å². The molecule has 2 N–H and O–H groups in total. The monoisotopic (exact) mass is 378 g/mol. The molecule has 28 heavy (non-hydrogen) atoms. The number of benzene rings is 1. The first-order valence-corrected chi connectivity index (χ1v) is 9.90. The molecule has 4 rings (SSSR count). The number of amides is 1. The lowest BCUT2D eigenvalue weighted by Crippen LogP contribution is -2.39. The van der Waals surface area contributed by atoms with E-state index in [0.717, 1.165) is 47.6 Å². The Labute approximate surface area is 164 Å². The Balaban J connectivity index is 1.57. The summed E-state index contributed by atoms with van der Waals surface area (Å²) in [5, 5.41) is 0. The highest BCUT2D eigenvalue weighted by atomic mass is 16.2. The minimum absolute atomic E-state index is 0.0142. The molecule has 0 saturated carbocycles. The molecule has 1 aliphatic heterocycles. The van der Waals surface area contributed by atoms with Crippen LogP contribution >= 0.6 is 0 Å². The van der Waals surface area contributed by atoms with Crippen molar-refractivity contribution in [1.29, 1.82) is 0 Å². The molecule has 2 aromatic heterocycles. The van der Waals surface area contributed by atoms with Gasteiger partial charge in [0, 0.05) is 54.0 Å². The van der Waals surface area contributed by atoms with Crippen LogP contribution in [0.2, 0.25) is 0 Å². The third-order valence-electron chi connectivity index (χ3n) is 5.44. The number of hydrogen-bond donors (Lipinski definition) is 2. The second kappa shape index (κ2) is 7.26. The highest BCUT2D eigenvalue weighted by molar-refractivity contribution is 5.97. The molecule has 3 heterocycles. The number of rotatable bonds is 3. The first-order valence-electron chi connectivity index (χ1n) is 9.90. The van der Waals surface area contributed by atoms with Crippen molar-refractivity contribution in [3.8, 4) is 0 Å². The molecule has 1 amide bonds. The van der Waals surface area contributed by atoms with Crippen molar-refractivity contribution < 1.29 is 4.79 Å². The molecule has 0 spiro atoms. The predicted octanol–water partition coefficient (Wildman–Crippen LogP) is 3.70. The summed E-state index contributed by atoms with van der Waals surface area (Å²) in [6.07, 6.45) is 1.90. The highest BCUT2D eigenvalue weighted by Crippen LogP contribution is 2.27. The van der Waals surface area contributed by atoms with Crippen LogP contribution in [0.25, 0.3) is 11.0 Å². The number of imidazole rings is 1. The number of aryl methyl sites for hydroxylation is 1. The van der Waals surface area contributed by atoms with Crippen molar-refractivity contribution in [2.75, 3.05) is 13.1 Å². The Morgan fingerprint density at radius 1 is 1.21 bits per heavy atom. The summed E-state index contributed by atoms with van der Waals surface area (Å²) in [7, 11) is 0. The Kier molecular flexibility index (Phi) is 4.79. The topological polar surface area (TPSA) is 81.8 Å². The number of pyridine rings is 1. The van der Waals surface area contributed by atoms with Gasteiger partial charge in [0.2, 0.25) is 0 Å². The molecule has 0 radical (unpaired) electrons. The average Bonchev–Trinajstić information content (AvgIpc) is 3.10. The zero-order valence-corrected chi connectivity index (χ0v) is 16.6. The number of carbonyl (C=O) groups excluding carboxylic acids is 1. The molecule has 1 aromatic carbocycles. The standard InChI is InChI=1S/C22H26N4O2/c1-13(2)21-24-18-7-6-15(10-20(18)25-21)22(28)26-8-4-5-16(12-26)19-11-17(27)9-14(3)23-19/h6-7,9-11,13,16H,4-5,8,12H2,1-3H3,(H,23,27)(H,24,25). The Morgan fingerprint density at radius 3 is 2.79 bits per heavy atom. The molecule has 1 saturated heterocycles. The van der Waals surface area contributed by atoms with E-state index in [1.807, 2.05) is 30.0 Å². The highest BCUT2D eigenvalue weighted by Gasteiger charge is 2.26. The zero-order chi connectivity index (χ0) is 19.8. The molecule has 1 unspecified atom stereocenters. The summed E-state index contributed by atoms with van der Waals surface area (Å²) >= 11 is 0. The predicted molar refractivity (Wildman–Crippen MR) is 110 cm³/mol. The van der Waals surface area contributed by atoms with Crippen LogP contribution in [-0.2, 0) is 0 Å². The number of nitrogens with one attached hydrogen (secondary N) is 2. The summed E-state index contributed by atoms with van der Waals surface area (Å²) in [5.41, 5.74) is 4.25. The van der Waals surface area contributed by atoms with Crippen molar-refractivity contribution in [2.24, 2.45) is 0 Å². The van der Waals surface area contributed by atoms with Crippen LogP contribution < -0.4 is 5.43 Å². The van der Waals surface area contributed by atoms with E-state index in [9.17, 15) is 9.59 Å². The van der Waals surface area contributed by atoms with Gasteiger partial charge in [0.1, 0.15) is 5.82 Å². The number of carbonyl (C=O) groups is 1. The molecule has 0 bridgehead atoms. The Morgan fingerprint density at radius 2 is 2.04 bits per heavy atom. The lowest BCUT2D eigenvalue weighted by molar-refractivity contribution is 0.0706. The van der Waals surface area contributed by atoms with Gasteiger partial charge in [-0.05, 0) is 38.0 Å². The quantitative estimate of drug-likeness (QED) is 0.729. The van der Waals surface area contributed by atoms with E-state index in [-0.39, 0.29) is 17.3 Å². The number of aromatic nitrogens is 3. The maximum Gasteiger partial charge on any atom is 0.253 e. The van der Waals surface area contributed by atoms with Crippen LogP contribution in [0.4, 0.5) is 0 Å². The van der Waals surface area contributed by atoms with Crippen molar-refractivity contribution in [3.63, 3.8) is 0 Å². The van der Waals surface area contributed by atoms with Crippen LogP contribution in [0, 0.1) is 6.92 Å². The van der Waals surface area contributed by atoms with E-state index in [1.165, 1.54) is 0 Å². The molecule has 6 nitrogen and oxygen atoms in total. The van der Waals surface area contributed by atoms with E-state index in [2.05, 4.69) is 28.8 Å². The third kappa shape index (κ3) is 3.59. The van der Waals surface area contributed by atoms with Crippen molar-refractivity contribution in [3.05, 3.63) is 63.3 Å². The van der Waals surface area contributed by atoms with Gasteiger partial charge in [0.15, 0.2) is 5.43 Å². The molecular formula is C22H26N4O2. The van der Waals surface area contributed by atoms with Crippen LogP contribution in [0.3, 0.4) is 0 Å². The largest absolute Gasteiger partial charge is 0.362 e. The summed E-state index contributed by atoms with van der Waals surface area (Å²) in [4.78, 5) is 38.1. The molecule has 1 aliphatic rings. The number of nitrogens with zero attached hydrogens (tertiary/aromatic N) is 2. The molecule has 1 fully saturated rings. The number of H-pyrrole nitrogens is 2. The average molecular weight is 378 g/mol. The van der Waals surface area contributed by atoms with Crippen molar-refractivity contribution in [1.82, 2.24) is 19.9 Å². The lowest BCUT2D eigenvalue weighted by Gasteiger charge is -2.33. The van der Waals surface area contributed by atoms with Crippen molar-refractivity contribution in [2.45, 2.75) is 45.4 Å². The van der Waals surface area contributed by atoms with Gasteiger partial charge in [-0.15, -0.1) is 0 Å². The lowest BCUT2D eigenvalue weighted by atomic mass is 9.93. The van der Waals surface area contributed by atoms with Gasteiger partial charge in [-0.3, -0.25) is 9.59 Å². The number of hydrogen-bond acceptors (Lipinski definition) is 3. The molecule has 3 aromatic rings. The smallest absolute Gasteiger partial charge is 0.253 e. The number of aromatic amines is 2. The van der Waals surface area contributed by atoms with E-state index in [4.69, 9.17) is 0 Å². The maximum absolute atomic E-state index is 13.1. The second-order valence-electron chi connectivity index (χ2n) is 8.05. The molecule has 0 aliphatic carbocycles. The van der Waals surface area contributed by atoms with E-state index < -0.39 is 0 Å². The fourth-order valence-electron chi connectivity index (χ4n) is 3.96. The van der Waals surface area contributed by atoms with Gasteiger partial charge in [-0.25, -0.2) is 4.98 Å². The Bertz CT molecular complexity index is 1080. The minimum Gasteiger partial charge on any atom is -0.362 e. The normalized spacial score (nSPS) is 17.4.